The number of hydrogen-bond acceptors (Lipinski definition) is 3. The van der Waals surface area contributed by atoms with E-state index in [1.54, 1.807) is 0 Å². The Kier molecular flexibility index (Phi) is 2.84. The van der Waals surface area contributed by atoms with Crippen LogP contribution >= 0.6 is 11.9 Å². The number of carbonyl (C=O) groups excluding carboxylic acids is 1. The Bertz CT molecular complexity index is 389. The standard InChI is InChI=1S/C10H8NOS2/c12-10-7-3-5-8-4-1-2-6-9(8)14-11(10)13/h1-4,6-7H,5H2/q-1/b7-3-. The topological polar surface area (TPSA) is 20.3 Å². The minimum absolute atomic E-state index is 0.139. The number of fused-ring (bicyclic) bond motifs is 1. The van der Waals surface area contributed by atoms with E-state index in [2.05, 4.69) is 0 Å². The average molecular weight is 222 g/mol. The van der Waals surface area contributed by atoms with Crippen LogP contribution in [0.25, 0.3) is 0 Å². The third-order valence-corrected chi connectivity index (χ3v) is 3.28. The fourth-order valence-electron chi connectivity index (χ4n) is 1.24. The van der Waals surface area contributed by atoms with Gasteiger partial charge in [-0.1, -0.05) is 24.3 Å². The van der Waals surface area contributed by atoms with Gasteiger partial charge in [0.25, 0.3) is 0 Å². The first-order chi connectivity index (χ1) is 6.77. The minimum Gasteiger partial charge on any atom is -0.649 e. The summed E-state index contributed by atoms with van der Waals surface area (Å²) in [5.41, 5.74) is 1.20. The first kappa shape index (κ1) is 9.68. The Morgan fingerprint density at radius 1 is 1.36 bits per heavy atom. The van der Waals surface area contributed by atoms with Gasteiger partial charge in [-0.25, -0.2) is 0 Å². The molecule has 0 saturated carbocycles. The molecule has 14 heavy (non-hydrogen) atoms. The van der Waals surface area contributed by atoms with E-state index in [0.29, 0.717) is 0 Å². The maximum absolute atomic E-state index is 11.3. The maximum atomic E-state index is 11.3. The van der Waals surface area contributed by atoms with Crippen molar-refractivity contribution in [1.82, 2.24) is 3.71 Å². The predicted molar refractivity (Wildman–Crippen MR) is 59.4 cm³/mol. The van der Waals surface area contributed by atoms with E-state index in [1.165, 1.54) is 27.3 Å². The minimum atomic E-state index is -0.139. The third-order valence-electron chi connectivity index (χ3n) is 1.93. The van der Waals surface area contributed by atoms with Crippen LogP contribution in [0.4, 0.5) is 0 Å². The molecule has 1 aromatic carbocycles. The molecule has 72 valence electrons. The lowest BCUT2D eigenvalue weighted by Crippen LogP contribution is -2.16. The summed E-state index contributed by atoms with van der Waals surface area (Å²) in [5.74, 6) is -0.139. The highest BCUT2D eigenvalue weighted by Crippen LogP contribution is 2.27. The molecule has 2 rings (SSSR count). The SMILES string of the molecule is O=C1/C=C\Cc2ccccc2SN1[S-]. The molecular formula is C10H8NOS2-. The predicted octanol–water partition coefficient (Wildman–Crippen LogP) is 2.10. The average Bonchev–Trinajstić information content (AvgIpc) is 2.18. The molecule has 1 aliphatic heterocycles. The molecule has 0 bridgehead atoms. The summed E-state index contributed by atoms with van der Waals surface area (Å²) in [7, 11) is 0. The van der Waals surface area contributed by atoms with Crippen LogP contribution in [0.5, 0.6) is 0 Å². The van der Waals surface area contributed by atoms with E-state index in [4.69, 9.17) is 12.8 Å². The van der Waals surface area contributed by atoms with Crippen molar-refractivity contribution in [3.05, 3.63) is 42.0 Å². The molecule has 4 heteroatoms. The van der Waals surface area contributed by atoms with Crippen molar-refractivity contribution in [2.45, 2.75) is 11.3 Å². The van der Waals surface area contributed by atoms with Gasteiger partial charge in [0.1, 0.15) is 0 Å². The Morgan fingerprint density at radius 2 is 2.14 bits per heavy atom. The molecule has 1 aromatic rings. The molecule has 0 aromatic heterocycles. The van der Waals surface area contributed by atoms with E-state index in [-0.39, 0.29) is 5.91 Å². The van der Waals surface area contributed by atoms with Crippen LogP contribution in [0.3, 0.4) is 0 Å². The molecule has 1 heterocycles. The molecule has 0 N–H and O–H groups in total. The highest BCUT2D eigenvalue weighted by molar-refractivity contribution is 8.02. The molecule has 0 atom stereocenters. The monoisotopic (exact) mass is 222 g/mol. The summed E-state index contributed by atoms with van der Waals surface area (Å²) in [6, 6.07) is 7.96. The maximum Gasteiger partial charge on any atom is 0.234 e. The second-order valence-corrected chi connectivity index (χ2v) is 4.48. The number of hydrogen-bond donors (Lipinski definition) is 0. The Balaban J connectivity index is 2.37. The number of rotatable bonds is 0. The Hall–Kier alpha value is -0.870. The van der Waals surface area contributed by atoms with Gasteiger partial charge in [0, 0.05) is 4.90 Å². The molecule has 0 saturated heterocycles. The first-order valence-corrected chi connectivity index (χ1v) is 5.35. The van der Waals surface area contributed by atoms with E-state index in [9.17, 15) is 4.79 Å². The third kappa shape index (κ3) is 1.96. The first-order valence-electron chi connectivity index (χ1n) is 4.21. The van der Waals surface area contributed by atoms with E-state index in [0.717, 1.165) is 11.3 Å². The van der Waals surface area contributed by atoms with Crippen LogP contribution in [-0.4, -0.2) is 9.62 Å². The zero-order chi connectivity index (χ0) is 9.97. The molecular weight excluding hydrogens is 214 g/mol. The largest absolute Gasteiger partial charge is 0.649 e. The fourth-order valence-corrected chi connectivity index (χ4v) is 2.28. The van der Waals surface area contributed by atoms with Crippen molar-refractivity contribution in [3.63, 3.8) is 0 Å². The second-order valence-electron chi connectivity index (χ2n) is 2.90. The summed E-state index contributed by atoms with van der Waals surface area (Å²) < 4.78 is 1.23. The van der Waals surface area contributed by atoms with Gasteiger partial charge >= 0.3 is 0 Å². The number of allylic oxidation sites excluding steroid dienone is 1. The van der Waals surface area contributed by atoms with Crippen molar-refractivity contribution < 1.29 is 4.79 Å². The smallest absolute Gasteiger partial charge is 0.234 e. The van der Waals surface area contributed by atoms with Crippen molar-refractivity contribution in [2.75, 3.05) is 0 Å². The van der Waals surface area contributed by atoms with Gasteiger partial charge in [0.15, 0.2) is 0 Å². The number of nitrogens with zero attached hydrogens (tertiary/aromatic N) is 1. The lowest BCUT2D eigenvalue weighted by atomic mass is 10.1. The number of benzene rings is 1. The quantitative estimate of drug-likeness (QED) is 0.495. The van der Waals surface area contributed by atoms with Gasteiger partial charge in [-0.3, -0.25) is 4.79 Å². The zero-order valence-corrected chi connectivity index (χ0v) is 8.98. The van der Waals surface area contributed by atoms with Crippen molar-refractivity contribution in [2.24, 2.45) is 0 Å². The van der Waals surface area contributed by atoms with E-state index < -0.39 is 0 Å². The molecule has 0 spiro atoms. The number of amides is 1. The number of carbonyl (C=O) groups is 1. The molecule has 0 radical (unpaired) electrons. The van der Waals surface area contributed by atoms with Gasteiger partial charge in [-0.05, 0) is 36.1 Å². The van der Waals surface area contributed by atoms with Gasteiger partial charge in [-0.2, -0.15) is 0 Å². The summed E-state index contributed by atoms with van der Waals surface area (Å²) in [6.45, 7) is 0. The summed E-state index contributed by atoms with van der Waals surface area (Å²) in [4.78, 5) is 12.3. The van der Waals surface area contributed by atoms with Crippen LogP contribution in [0.15, 0.2) is 41.3 Å². The highest BCUT2D eigenvalue weighted by atomic mass is 32.2. The van der Waals surface area contributed by atoms with Gasteiger partial charge < -0.3 is 16.5 Å². The van der Waals surface area contributed by atoms with Gasteiger partial charge in [0.05, 0.1) is 0 Å². The summed E-state index contributed by atoms with van der Waals surface area (Å²) >= 11 is 6.23. The van der Waals surface area contributed by atoms with Crippen molar-refractivity contribution in [3.8, 4) is 0 Å². The summed E-state index contributed by atoms with van der Waals surface area (Å²) in [5, 5.41) is 0. The summed E-state index contributed by atoms with van der Waals surface area (Å²) in [6.07, 6.45) is 4.16. The van der Waals surface area contributed by atoms with Gasteiger partial charge in [-0.15, -0.1) is 0 Å². The van der Waals surface area contributed by atoms with Crippen LogP contribution in [-0.2, 0) is 24.0 Å². The Morgan fingerprint density at radius 3 is 3.00 bits per heavy atom. The normalized spacial score (nSPS) is 18.4. The lowest BCUT2D eigenvalue weighted by Gasteiger charge is -2.28. The van der Waals surface area contributed by atoms with Crippen LogP contribution in [0.1, 0.15) is 5.56 Å². The molecule has 0 unspecified atom stereocenters. The highest BCUT2D eigenvalue weighted by Gasteiger charge is 2.07. The molecule has 1 aliphatic rings. The van der Waals surface area contributed by atoms with Crippen LogP contribution < -0.4 is 0 Å². The molecule has 0 fully saturated rings. The van der Waals surface area contributed by atoms with Crippen LogP contribution in [0.2, 0.25) is 0 Å². The van der Waals surface area contributed by atoms with E-state index >= 15 is 0 Å². The Labute approximate surface area is 92.7 Å². The lowest BCUT2D eigenvalue weighted by molar-refractivity contribution is -0.118. The molecule has 2 nitrogen and oxygen atoms in total. The van der Waals surface area contributed by atoms with Crippen molar-refractivity contribution in [1.29, 1.82) is 0 Å². The fraction of sp³-hybridized carbons (Fsp3) is 0.100. The van der Waals surface area contributed by atoms with Gasteiger partial charge in [0.2, 0.25) is 5.91 Å². The van der Waals surface area contributed by atoms with Crippen molar-refractivity contribution >= 4 is 30.7 Å². The molecule has 1 amide bonds. The second kappa shape index (κ2) is 4.11. The van der Waals surface area contributed by atoms with E-state index in [1.807, 2.05) is 30.3 Å². The zero-order valence-electron chi connectivity index (χ0n) is 7.34. The molecule has 0 aliphatic carbocycles. The van der Waals surface area contributed by atoms with Crippen LogP contribution in [0, 0.1) is 0 Å².